The maximum atomic E-state index is 12.8. The van der Waals surface area contributed by atoms with Gasteiger partial charge in [0.05, 0.1) is 5.92 Å². The zero-order chi connectivity index (χ0) is 15.0. The Labute approximate surface area is 118 Å². The molecule has 0 amide bonds. The topological polar surface area (TPSA) is 34.1 Å². The van der Waals surface area contributed by atoms with Crippen molar-refractivity contribution in [1.29, 1.82) is 0 Å². The van der Waals surface area contributed by atoms with E-state index >= 15 is 0 Å². The van der Waals surface area contributed by atoms with E-state index in [0.29, 0.717) is 6.42 Å². The summed E-state index contributed by atoms with van der Waals surface area (Å²) in [5.74, 6) is 0.202. The van der Waals surface area contributed by atoms with Crippen molar-refractivity contribution in [2.45, 2.75) is 67.7 Å². The monoisotopic (exact) mass is 266 g/mol. The van der Waals surface area contributed by atoms with Crippen molar-refractivity contribution in [2.75, 3.05) is 0 Å². The Morgan fingerprint density at radius 3 is 1.89 bits per heavy atom. The molecule has 0 heterocycles. The lowest BCUT2D eigenvalue weighted by Crippen LogP contribution is -2.50. The molecule has 0 saturated heterocycles. The van der Waals surface area contributed by atoms with Gasteiger partial charge in [-0.2, -0.15) is 0 Å². The van der Waals surface area contributed by atoms with E-state index in [0.717, 1.165) is 12.8 Å². The van der Waals surface area contributed by atoms with E-state index in [-0.39, 0.29) is 40.2 Å². The summed E-state index contributed by atoms with van der Waals surface area (Å²) in [4.78, 5) is 25.1. The molecule has 1 fully saturated rings. The van der Waals surface area contributed by atoms with Gasteiger partial charge in [-0.25, -0.2) is 0 Å². The van der Waals surface area contributed by atoms with Crippen molar-refractivity contribution in [2.24, 2.45) is 28.6 Å². The standard InChI is InChI=1S/C17H30O2/c1-8-9-11-13(18)10-12(16(2,3)4)14(15(11)19)17(5,6)7/h11-12,14H,8-10H2,1-7H3. The van der Waals surface area contributed by atoms with Crippen LogP contribution >= 0.6 is 0 Å². The fraction of sp³-hybridized carbons (Fsp3) is 0.882. The van der Waals surface area contributed by atoms with E-state index in [9.17, 15) is 9.59 Å². The number of ketones is 2. The highest BCUT2D eigenvalue weighted by Crippen LogP contribution is 2.48. The first kappa shape index (κ1) is 16.4. The van der Waals surface area contributed by atoms with Crippen LogP contribution in [0.2, 0.25) is 0 Å². The number of hydrogen-bond donors (Lipinski definition) is 0. The summed E-state index contributed by atoms with van der Waals surface area (Å²) < 4.78 is 0. The van der Waals surface area contributed by atoms with Crippen LogP contribution < -0.4 is 0 Å². The van der Waals surface area contributed by atoms with E-state index in [1.165, 1.54) is 0 Å². The SMILES string of the molecule is CCCC1C(=O)CC(C(C)(C)C)C(C(C)(C)C)C1=O. The highest BCUT2D eigenvalue weighted by molar-refractivity contribution is 6.06. The van der Waals surface area contributed by atoms with E-state index < -0.39 is 0 Å². The van der Waals surface area contributed by atoms with E-state index in [1.54, 1.807) is 0 Å². The van der Waals surface area contributed by atoms with Crippen molar-refractivity contribution in [3.8, 4) is 0 Å². The fourth-order valence-corrected chi connectivity index (χ4v) is 3.48. The molecule has 19 heavy (non-hydrogen) atoms. The minimum absolute atomic E-state index is 0.000448. The van der Waals surface area contributed by atoms with Crippen molar-refractivity contribution >= 4 is 11.6 Å². The van der Waals surface area contributed by atoms with Gasteiger partial charge in [0.15, 0.2) is 0 Å². The van der Waals surface area contributed by atoms with Crippen LogP contribution in [0.15, 0.2) is 0 Å². The number of rotatable bonds is 2. The van der Waals surface area contributed by atoms with Crippen molar-refractivity contribution in [1.82, 2.24) is 0 Å². The highest BCUT2D eigenvalue weighted by atomic mass is 16.2. The van der Waals surface area contributed by atoms with Crippen molar-refractivity contribution < 1.29 is 9.59 Å². The molecule has 0 aromatic heterocycles. The van der Waals surface area contributed by atoms with E-state index in [4.69, 9.17) is 0 Å². The highest BCUT2D eigenvalue weighted by Gasteiger charge is 2.50. The normalized spacial score (nSPS) is 29.7. The Balaban J connectivity index is 3.17. The minimum Gasteiger partial charge on any atom is -0.299 e. The first-order valence-corrected chi connectivity index (χ1v) is 7.56. The maximum absolute atomic E-state index is 12.8. The van der Waals surface area contributed by atoms with E-state index in [1.807, 2.05) is 6.92 Å². The van der Waals surface area contributed by atoms with E-state index in [2.05, 4.69) is 41.5 Å². The van der Waals surface area contributed by atoms with Gasteiger partial charge >= 0.3 is 0 Å². The zero-order valence-electron chi connectivity index (χ0n) is 13.7. The number of carbonyl (C=O) groups is 2. The second kappa shape index (κ2) is 5.38. The molecule has 1 aliphatic rings. The summed E-state index contributed by atoms with van der Waals surface area (Å²) in [6, 6.07) is 0. The Bertz CT molecular complexity index is 354. The minimum atomic E-state index is -0.340. The number of Topliss-reactive ketones (excluding diaryl/α,β-unsaturated/α-hetero) is 2. The Hall–Kier alpha value is -0.660. The molecule has 0 aromatic carbocycles. The van der Waals surface area contributed by atoms with Crippen molar-refractivity contribution in [3.63, 3.8) is 0 Å². The predicted octanol–water partition coefficient (Wildman–Crippen LogP) is 4.27. The summed E-state index contributed by atoms with van der Waals surface area (Å²) in [5.41, 5.74) is -0.0673. The molecule has 1 aliphatic carbocycles. The predicted molar refractivity (Wildman–Crippen MR) is 78.9 cm³/mol. The lowest BCUT2D eigenvalue weighted by Gasteiger charge is -2.47. The van der Waals surface area contributed by atoms with Crippen LogP contribution in [0.3, 0.4) is 0 Å². The second-order valence-corrected chi connectivity index (χ2v) is 8.23. The maximum Gasteiger partial charge on any atom is 0.147 e. The van der Waals surface area contributed by atoms with Gasteiger partial charge in [0.2, 0.25) is 0 Å². The van der Waals surface area contributed by atoms with Crippen LogP contribution in [-0.2, 0) is 9.59 Å². The molecule has 0 radical (unpaired) electrons. The van der Waals surface area contributed by atoms with Gasteiger partial charge in [-0.05, 0) is 23.2 Å². The second-order valence-electron chi connectivity index (χ2n) is 8.23. The summed E-state index contributed by atoms with van der Waals surface area (Å²) in [6.45, 7) is 14.9. The average Bonchev–Trinajstić information content (AvgIpc) is 2.19. The molecule has 0 aromatic rings. The molecule has 110 valence electrons. The van der Waals surface area contributed by atoms with Gasteiger partial charge in [0.1, 0.15) is 11.6 Å². The van der Waals surface area contributed by atoms with Crippen molar-refractivity contribution in [3.05, 3.63) is 0 Å². The lowest BCUT2D eigenvalue weighted by atomic mass is 9.56. The number of hydrogen-bond acceptors (Lipinski definition) is 2. The first-order valence-electron chi connectivity index (χ1n) is 7.56. The molecule has 2 heteroatoms. The third kappa shape index (κ3) is 3.46. The van der Waals surface area contributed by atoms with Crippen LogP contribution in [0.1, 0.15) is 67.7 Å². The van der Waals surface area contributed by atoms with Crippen LogP contribution in [0.5, 0.6) is 0 Å². The summed E-state index contributed by atoms with van der Waals surface area (Å²) in [6.07, 6.45) is 2.20. The molecule has 0 bridgehead atoms. The quantitative estimate of drug-likeness (QED) is 0.699. The van der Waals surface area contributed by atoms with Crippen LogP contribution in [0, 0.1) is 28.6 Å². The molecule has 2 nitrogen and oxygen atoms in total. The zero-order valence-corrected chi connectivity index (χ0v) is 13.7. The molecule has 0 spiro atoms. The lowest BCUT2D eigenvalue weighted by molar-refractivity contribution is -0.149. The molecular formula is C17H30O2. The summed E-state index contributed by atoms with van der Waals surface area (Å²) >= 11 is 0. The molecule has 1 rings (SSSR count). The fourth-order valence-electron chi connectivity index (χ4n) is 3.48. The molecule has 3 unspecified atom stereocenters. The van der Waals surface area contributed by atoms with Gasteiger partial charge in [-0.3, -0.25) is 9.59 Å². The molecular weight excluding hydrogens is 236 g/mol. The summed E-state index contributed by atoms with van der Waals surface area (Å²) in [5, 5.41) is 0. The molecule has 0 N–H and O–H groups in total. The first-order chi connectivity index (χ1) is 8.50. The van der Waals surface area contributed by atoms with Crippen LogP contribution in [0.4, 0.5) is 0 Å². The third-order valence-corrected chi connectivity index (χ3v) is 4.48. The smallest absolute Gasteiger partial charge is 0.147 e. The average molecular weight is 266 g/mol. The summed E-state index contributed by atoms with van der Waals surface area (Å²) in [7, 11) is 0. The van der Waals surface area contributed by atoms with Gasteiger partial charge in [0, 0.05) is 12.3 Å². The largest absolute Gasteiger partial charge is 0.299 e. The Morgan fingerprint density at radius 1 is 1.00 bits per heavy atom. The third-order valence-electron chi connectivity index (χ3n) is 4.48. The Kier molecular flexibility index (Phi) is 4.64. The van der Waals surface area contributed by atoms with Crippen LogP contribution in [0.25, 0.3) is 0 Å². The molecule has 1 saturated carbocycles. The molecule has 3 atom stereocenters. The van der Waals surface area contributed by atoms with Gasteiger partial charge in [0.25, 0.3) is 0 Å². The van der Waals surface area contributed by atoms with Gasteiger partial charge in [-0.1, -0.05) is 54.9 Å². The Morgan fingerprint density at radius 2 is 1.53 bits per heavy atom. The number of carbonyl (C=O) groups excluding carboxylic acids is 2. The van der Waals surface area contributed by atoms with Crippen LogP contribution in [-0.4, -0.2) is 11.6 Å². The van der Waals surface area contributed by atoms with Gasteiger partial charge in [-0.15, -0.1) is 0 Å². The molecule has 0 aliphatic heterocycles. The van der Waals surface area contributed by atoms with Gasteiger partial charge < -0.3 is 0 Å².